The molecule has 0 bridgehead atoms. The van der Waals surface area contributed by atoms with Crippen molar-refractivity contribution < 1.29 is 9.00 Å². The van der Waals surface area contributed by atoms with Crippen molar-refractivity contribution in [2.45, 2.75) is 11.8 Å². The number of hydrogen-bond acceptors (Lipinski definition) is 5. The van der Waals surface area contributed by atoms with Gasteiger partial charge in [-0.2, -0.15) is 22.7 Å². The molecule has 0 aliphatic rings. The van der Waals surface area contributed by atoms with Crippen LogP contribution in [0.2, 0.25) is 0 Å². The summed E-state index contributed by atoms with van der Waals surface area (Å²) in [6, 6.07) is 7.63. The summed E-state index contributed by atoms with van der Waals surface area (Å²) in [7, 11) is -1.32. The van der Waals surface area contributed by atoms with Gasteiger partial charge in [0.1, 0.15) is 5.75 Å². The lowest BCUT2D eigenvalue weighted by Crippen LogP contribution is -2.29. The van der Waals surface area contributed by atoms with E-state index in [1.165, 1.54) is 0 Å². The van der Waals surface area contributed by atoms with E-state index in [2.05, 4.69) is 10.3 Å². The van der Waals surface area contributed by atoms with Crippen molar-refractivity contribution >= 4 is 39.4 Å². The first-order valence-corrected chi connectivity index (χ1v) is 10.6. The highest BCUT2D eigenvalue weighted by Crippen LogP contribution is 2.31. The van der Waals surface area contributed by atoms with Crippen LogP contribution in [0.25, 0.3) is 0 Å². The first-order chi connectivity index (χ1) is 11.7. The third-order valence-electron chi connectivity index (χ3n) is 3.47. The quantitative estimate of drug-likeness (QED) is 0.688. The molecule has 3 rings (SSSR count). The average Bonchev–Trinajstić information content (AvgIpc) is 3.29. The average molecular weight is 377 g/mol. The van der Waals surface area contributed by atoms with E-state index >= 15 is 0 Å². The summed E-state index contributed by atoms with van der Waals surface area (Å²) < 4.78 is 12.8. The van der Waals surface area contributed by atoms with Gasteiger partial charge in [0.25, 0.3) is 0 Å². The van der Waals surface area contributed by atoms with Gasteiger partial charge in [0, 0.05) is 29.7 Å². The number of thiophene rings is 2. The first-order valence-electron chi connectivity index (χ1n) is 7.31. The lowest BCUT2D eigenvalue weighted by atomic mass is 10.1. The Balaban J connectivity index is 1.64. The Labute approximate surface area is 151 Å². The van der Waals surface area contributed by atoms with Crippen molar-refractivity contribution in [2.75, 3.05) is 5.75 Å². The Bertz CT molecular complexity index is 752. The minimum Gasteiger partial charge on any atom is -0.351 e. The number of hydrogen-bond donors (Lipinski definition) is 1. The van der Waals surface area contributed by atoms with Crippen molar-refractivity contribution in [1.82, 2.24) is 10.3 Å². The first kappa shape index (κ1) is 17.0. The molecule has 1 atom stereocenters. The van der Waals surface area contributed by atoms with Crippen molar-refractivity contribution in [1.29, 1.82) is 0 Å². The fourth-order valence-electron chi connectivity index (χ4n) is 2.31. The molecule has 0 aliphatic carbocycles. The summed E-state index contributed by atoms with van der Waals surface area (Å²) in [6.07, 6.45) is 3.37. The molecule has 124 valence electrons. The molecule has 3 aromatic heterocycles. The second-order valence-electron chi connectivity index (χ2n) is 5.15. The summed E-state index contributed by atoms with van der Waals surface area (Å²) in [6.45, 7) is 0.417. The Morgan fingerprint density at radius 3 is 2.25 bits per heavy atom. The molecule has 0 aliphatic heterocycles. The molecule has 0 radical (unpaired) electrons. The minimum atomic E-state index is -1.32. The predicted molar refractivity (Wildman–Crippen MR) is 99.6 cm³/mol. The number of amides is 1. The zero-order valence-electron chi connectivity index (χ0n) is 12.8. The Morgan fingerprint density at radius 2 is 1.71 bits per heavy atom. The molecule has 7 heteroatoms. The Kier molecular flexibility index (Phi) is 5.90. The van der Waals surface area contributed by atoms with E-state index < -0.39 is 10.8 Å². The van der Waals surface area contributed by atoms with Gasteiger partial charge in [-0.15, -0.1) is 0 Å². The van der Waals surface area contributed by atoms with Crippen molar-refractivity contribution in [3.05, 3.63) is 74.9 Å². The number of nitrogens with one attached hydrogen (secondary N) is 1. The van der Waals surface area contributed by atoms with E-state index in [-0.39, 0.29) is 16.9 Å². The highest BCUT2D eigenvalue weighted by molar-refractivity contribution is 7.86. The van der Waals surface area contributed by atoms with Crippen LogP contribution in [0.15, 0.2) is 58.2 Å². The second-order valence-corrected chi connectivity index (χ2v) is 8.23. The lowest BCUT2D eigenvalue weighted by Gasteiger charge is -2.14. The van der Waals surface area contributed by atoms with Crippen molar-refractivity contribution in [2.24, 2.45) is 0 Å². The van der Waals surface area contributed by atoms with Crippen LogP contribution in [0.3, 0.4) is 0 Å². The maximum atomic E-state index is 12.8. The fraction of sp³-hybridized carbons (Fsp3) is 0.176. The molecule has 24 heavy (non-hydrogen) atoms. The van der Waals surface area contributed by atoms with Gasteiger partial charge in [-0.25, -0.2) is 0 Å². The van der Waals surface area contributed by atoms with Crippen LogP contribution in [0.5, 0.6) is 0 Å². The number of rotatable bonds is 7. The number of carbonyl (C=O) groups excluding carboxylic acids is 1. The van der Waals surface area contributed by atoms with E-state index in [0.29, 0.717) is 6.54 Å². The molecule has 0 saturated heterocycles. The molecule has 0 spiro atoms. The summed E-state index contributed by atoms with van der Waals surface area (Å²) in [5, 5.41) is 10.5. The zero-order chi connectivity index (χ0) is 16.8. The minimum absolute atomic E-state index is 0.0125. The van der Waals surface area contributed by atoms with Gasteiger partial charge in [0.2, 0.25) is 5.91 Å². The molecule has 3 heterocycles. The molecular weight excluding hydrogens is 360 g/mol. The number of aromatic nitrogens is 1. The number of nitrogens with zero attached hydrogens (tertiary/aromatic N) is 1. The predicted octanol–water partition coefficient (Wildman–Crippen LogP) is 3.36. The molecule has 1 N–H and O–H groups in total. The summed E-state index contributed by atoms with van der Waals surface area (Å²) in [5.74, 6) is -0.220. The number of pyridine rings is 1. The molecule has 0 aromatic carbocycles. The molecule has 0 saturated carbocycles. The normalized spacial score (nSPS) is 12.2. The zero-order valence-corrected chi connectivity index (χ0v) is 15.2. The largest absolute Gasteiger partial charge is 0.351 e. The van der Waals surface area contributed by atoms with Crippen LogP contribution in [0.4, 0.5) is 0 Å². The second kappa shape index (κ2) is 8.32. The topological polar surface area (TPSA) is 59.1 Å². The smallest absolute Gasteiger partial charge is 0.232 e. The summed E-state index contributed by atoms with van der Waals surface area (Å²) in [5.41, 5.74) is 2.97. The van der Waals surface area contributed by atoms with Crippen LogP contribution in [-0.2, 0) is 22.1 Å². The van der Waals surface area contributed by atoms with E-state index in [1.807, 2.05) is 45.8 Å². The van der Waals surface area contributed by atoms with E-state index in [9.17, 15) is 9.00 Å². The maximum Gasteiger partial charge on any atom is 0.232 e. The van der Waals surface area contributed by atoms with Crippen LogP contribution in [-0.4, -0.2) is 20.9 Å². The molecule has 3 aromatic rings. The van der Waals surface area contributed by atoms with E-state index in [1.54, 1.807) is 35.1 Å². The highest BCUT2D eigenvalue weighted by Gasteiger charge is 2.24. The van der Waals surface area contributed by atoms with Gasteiger partial charge in [0.15, 0.2) is 0 Å². The third kappa shape index (κ3) is 4.37. The van der Waals surface area contributed by atoms with Gasteiger partial charge in [-0.3, -0.25) is 14.0 Å². The Hall–Kier alpha value is -1.83. The standard InChI is InChI=1S/C17H16N2O2S3/c20-16(19-9-13-1-5-18-6-2-13)12-24(21)17(14-3-7-22-10-14)15-4-8-23-11-15/h1-8,10-11,17H,9,12H2,(H,19,20). The summed E-state index contributed by atoms with van der Waals surface area (Å²) >= 11 is 3.14. The fourth-order valence-corrected chi connectivity index (χ4v) is 5.28. The maximum absolute atomic E-state index is 12.8. The third-order valence-corrected chi connectivity index (χ3v) is 6.49. The molecule has 1 unspecified atom stereocenters. The van der Waals surface area contributed by atoms with Gasteiger partial charge >= 0.3 is 0 Å². The van der Waals surface area contributed by atoms with Crippen molar-refractivity contribution in [3.8, 4) is 0 Å². The lowest BCUT2D eigenvalue weighted by molar-refractivity contribution is -0.118. The Morgan fingerprint density at radius 1 is 1.08 bits per heavy atom. The van der Waals surface area contributed by atoms with Crippen molar-refractivity contribution in [3.63, 3.8) is 0 Å². The molecule has 4 nitrogen and oxygen atoms in total. The van der Waals surface area contributed by atoms with Crippen LogP contribution < -0.4 is 5.32 Å². The van der Waals surface area contributed by atoms with Crippen LogP contribution in [0, 0.1) is 0 Å². The summed E-state index contributed by atoms with van der Waals surface area (Å²) in [4.78, 5) is 16.1. The van der Waals surface area contributed by atoms with Gasteiger partial charge < -0.3 is 5.32 Å². The number of carbonyl (C=O) groups is 1. The highest BCUT2D eigenvalue weighted by atomic mass is 32.2. The van der Waals surface area contributed by atoms with Gasteiger partial charge in [-0.05, 0) is 62.5 Å². The van der Waals surface area contributed by atoms with E-state index in [4.69, 9.17) is 0 Å². The van der Waals surface area contributed by atoms with Gasteiger partial charge in [-0.1, -0.05) is 0 Å². The molecular formula is C17H16N2O2S3. The molecule has 0 fully saturated rings. The van der Waals surface area contributed by atoms with Crippen LogP contribution in [0.1, 0.15) is 21.9 Å². The SMILES string of the molecule is O=C(CS(=O)C(c1ccsc1)c1ccsc1)NCc1ccncc1. The van der Waals surface area contributed by atoms with E-state index in [0.717, 1.165) is 16.7 Å². The monoisotopic (exact) mass is 376 g/mol. The molecule has 1 amide bonds. The van der Waals surface area contributed by atoms with Crippen LogP contribution >= 0.6 is 22.7 Å². The van der Waals surface area contributed by atoms with Gasteiger partial charge in [0.05, 0.1) is 5.25 Å².